The van der Waals surface area contributed by atoms with Crippen LogP contribution in [0.15, 0.2) is 77.9 Å². The van der Waals surface area contributed by atoms with E-state index in [1.807, 2.05) is 60.7 Å². The van der Waals surface area contributed by atoms with Crippen LogP contribution in [-0.2, 0) is 0 Å². The number of hydrogen-bond acceptors (Lipinski definition) is 2. The summed E-state index contributed by atoms with van der Waals surface area (Å²) in [5.41, 5.74) is 9.78. The van der Waals surface area contributed by atoms with Gasteiger partial charge in [0.2, 0.25) is 0 Å². The van der Waals surface area contributed by atoms with Crippen molar-refractivity contribution in [3.05, 3.63) is 88.8 Å². The van der Waals surface area contributed by atoms with Gasteiger partial charge in [0.25, 0.3) is 0 Å². The lowest BCUT2D eigenvalue weighted by atomic mass is 10.1. The highest BCUT2D eigenvalue weighted by molar-refractivity contribution is 5.88. The predicted octanol–water partition coefficient (Wildman–Crippen LogP) is 5.66. The van der Waals surface area contributed by atoms with Crippen molar-refractivity contribution in [3.8, 4) is 5.75 Å². The number of ether oxygens (including phenoxy) is 1. The third kappa shape index (κ3) is 3.62. The van der Waals surface area contributed by atoms with E-state index in [1.165, 1.54) is 0 Å². The van der Waals surface area contributed by atoms with Crippen LogP contribution < -0.4 is 4.74 Å². The molecule has 0 spiro atoms. The Hall–Kier alpha value is -2.97. The van der Waals surface area contributed by atoms with Gasteiger partial charge in [-0.05, 0) is 29.0 Å². The molecule has 0 aliphatic heterocycles. The summed E-state index contributed by atoms with van der Waals surface area (Å²) in [6, 6.07) is 23.7. The molecule has 0 aliphatic carbocycles. The van der Waals surface area contributed by atoms with Crippen LogP contribution in [0.1, 0.15) is 18.0 Å². The number of hydrogen-bond donors (Lipinski definition) is 0. The van der Waals surface area contributed by atoms with Crippen LogP contribution >= 0.6 is 0 Å². The Labute approximate surface area is 135 Å². The Balaban J connectivity index is 1.71. The molecule has 0 bridgehead atoms. The van der Waals surface area contributed by atoms with Gasteiger partial charge in [0.15, 0.2) is 0 Å². The summed E-state index contributed by atoms with van der Waals surface area (Å²) >= 11 is 0. The van der Waals surface area contributed by atoms with Gasteiger partial charge in [0.1, 0.15) is 5.75 Å². The average Bonchev–Trinajstić information content (AvgIpc) is 2.62. The van der Waals surface area contributed by atoms with Crippen molar-refractivity contribution in [2.45, 2.75) is 12.5 Å². The second-order valence-corrected chi connectivity index (χ2v) is 5.25. The van der Waals surface area contributed by atoms with Gasteiger partial charge in [-0.15, -0.1) is 0 Å². The summed E-state index contributed by atoms with van der Waals surface area (Å²) < 4.78 is 5.93. The molecule has 1 unspecified atom stereocenters. The topological polar surface area (TPSA) is 58.0 Å². The van der Waals surface area contributed by atoms with E-state index in [2.05, 4.69) is 22.2 Å². The first-order valence-corrected chi connectivity index (χ1v) is 7.58. The normalized spacial score (nSPS) is 11.7. The van der Waals surface area contributed by atoms with E-state index >= 15 is 0 Å². The third-order valence-corrected chi connectivity index (χ3v) is 3.77. The highest BCUT2D eigenvalue weighted by Crippen LogP contribution is 2.27. The monoisotopic (exact) mass is 303 g/mol. The molecule has 1 atom stereocenters. The van der Waals surface area contributed by atoms with Crippen LogP contribution in [0.5, 0.6) is 5.75 Å². The van der Waals surface area contributed by atoms with E-state index in [1.54, 1.807) is 0 Å². The van der Waals surface area contributed by atoms with E-state index < -0.39 is 0 Å². The zero-order valence-electron chi connectivity index (χ0n) is 12.7. The summed E-state index contributed by atoms with van der Waals surface area (Å²) in [7, 11) is 0. The van der Waals surface area contributed by atoms with Gasteiger partial charge in [-0.2, -0.15) is 0 Å². The van der Waals surface area contributed by atoms with Crippen molar-refractivity contribution in [1.82, 2.24) is 0 Å². The fraction of sp³-hybridized carbons (Fsp3) is 0.158. The maximum absolute atomic E-state index is 8.77. The van der Waals surface area contributed by atoms with Crippen molar-refractivity contribution in [3.63, 3.8) is 0 Å². The van der Waals surface area contributed by atoms with E-state index in [4.69, 9.17) is 10.3 Å². The molecule has 0 radical (unpaired) electrons. The molecule has 0 heterocycles. The molecule has 3 rings (SSSR count). The second kappa shape index (κ2) is 7.34. The maximum atomic E-state index is 8.77. The summed E-state index contributed by atoms with van der Waals surface area (Å²) in [5, 5.41) is 6.13. The quantitative estimate of drug-likeness (QED) is 0.329. The molecule has 3 aromatic rings. The highest BCUT2D eigenvalue weighted by Gasteiger charge is 2.10. The van der Waals surface area contributed by atoms with Gasteiger partial charge in [-0.3, -0.25) is 0 Å². The first kappa shape index (κ1) is 14.9. The van der Waals surface area contributed by atoms with Crippen LogP contribution in [0.3, 0.4) is 0 Å². The Morgan fingerprint density at radius 2 is 1.65 bits per heavy atom. The molecule has 4 heteroatoms. The lowest BCUT2D eigenvalue weighted by Crippen LogP contribution is -2.04. The molecule has 0 aliphatic rings. The Morgan fingerprint density at radius 3 is 2.48 bits per heavy atom. The average molecular weight is 303 g/mol. The number of nitrogens with zero attached hydrogens (tertiary/aromatic N) is 3. The molecule has 0 fully saturated rings. The van der Waals surface area contributed by atoms with Gasteiger partial charge >= 0.3 is 0 Å². The van der Waals surface area contributed by atoms with Crippen LogP contribution in [-0.4, -0.2) is 6.61 Å². The first-order valence-electron chi connectivity index (χ1n) is 7.58. The van der Waals surface area contributed by atoms with Crippen molar-refractivity contribution < 1.29 is 4.74 Å². The van der Waals surface area contributed by atoms with Crippen LogP contribution in [0.4, 0.5) is 0 Å². The molecule has 0 saturated carbocycles. The Bertz CT molecular complexity index is 821. The number of fused-ring (bicyclic) bond motifs is 1. The SMILES string of the molecule is [N-]=[N+]=NC(CCOc1cccc2ccccc12)c1ccccc1. The lowest BCUT2D eigenvalue weighted by molar-refractivity contribution is 0.302. The molecule has 0 saturated heterocycles. The van der Waals surface area contributed by atoms with Crippen molar-refractivity contribution in [1.29, 1.82) is 0 Å². The minimum atomic E-state index is -0.212. The second-order valence-electron chi connectivity index (χ2n) is 5.25. The lowest BCUT2D eigenvalue weighted by Gasteiger charge is -2.13. The number of benzene rings is 3. The molecule has 0 amide bonds. The maximum Gasteiger partial charge on any atom is 0.127 e. The van der Waals surface area contributed by atoms with Gasteiger partial charge in [0.05, 0.1) is 12.6 Å². The Morgan fingerprint density at radius 1 is 0.913 bits per heavy atom. The molecular weight excluding hydrogens is 286 g/mol. The molecule has 23 heavy (non-hydrogen) atoms. The smallest absolute Gasteiger partial charge is 0.127 e. The standard InChI is InChI=1S/C19H17N3O/c20-22-21-18(16-8-2-1-3-9-16)13-14-23-19-12-6-10-15-7-4-5-11-17(15)19/h1-12,18H,13-14H2. The van der Waals surface area contributed by atoms with Crippen molar-refractivity contribution in [2.24, 2.45) is 5.11 Å². The van der Waals surface area contributed by atoms with Crippen LogP contribution in [0.2, 0.25) is 0 Å². The van der Waals surface area contributed by atoms with Crippen molar-refractivity contribution >= 4 is 10.8 Å². The third-order valence-electron chi connectivity index (χ3n) is 3.77. The van der Waals surface area contributed by atoms with Gasteiger partial charge in [-0.25, -0.2) is 0 Å². The summed E-state index contributed by atoms with van der Waals surface area (Å²) in [4.78, 5) is 2.96. The van der Waals surface area contributed by atoms with E-state index in [-0.39, 0.29) is 6.04 Å². The zero-order valence-corrected chi connectivity index (χ0v) is 12.7. The molecule has 0 aromatic heterocycles. The van der Waals surface area contributed by atoms with Crippen molar-refractivity contribution in [2.75, 3.05) is 6.61 Å². The summed E-state index contributed by atoms with van der Waals surface area (Å²) in [6.07, 6.45) is 0.636. The largest absolute Gasteiger partial charge is 0.493 e. The summed E-state index contributed by atoms with van der Waals surface area (Å²) in [6.45, 7) is 0.493. The van der Waals surface area contributed by atoms with Gasteiger partial charge in [-0.1, -0.05) is 71.8 Å². The molecule has 0 N–H and O–H groups in total. The molecule has 3 aromatic carbocycles. The van der Waals surface area contributed by atoms with Crippen LogP contribution in [0, 0.1) is 0 Å². The molecule has 4 nitrogen and oxygen atoms in total. The molecular formula is C19H17N3O. The predicted molar refractivity (Wildman–Crippen MR) is 92.4 cm³/mol. The fourth-order valence-corrected chi connectivity index (χ4v) is 2.63. The van der Waals surface area contributed by atoms with E-state index in [0.717, 1.165) is 22.1 Å². The fourth-order valence-electron chi connectivity index (χ4n) is 2.63. The highest BCUT2D eigenvalue weighted by atomic mass is 16.5. The van der Waals surface area contributed by atoms with Crippen LogP contribution in [0.25, 0.3) is 21.2 Å². The number of rotatable bonds is 6. The number of azide groups is 1. The minimum Gasteiger partial charge on any atom is -0.493 e. The summed E-state index contributed by atoms with van der Waals surface area (Å²) in [5.74, 6) is 0.857. The van der Waals surface area contributed by atoms with Gasteiger partial charge < -0.3 is 4.74 Å². The first-order chi connectivity index (χ1) is 11.4. The van der Waals surface area contributed by atoms with Gasteiger partial charge in [0, 0.05) is 10.3 Å². The van der Waals surface area contributed by atoms with E-state index in [9.17, 15) is 0 Å². The minimum absolute atomic E-state index is 0.212. The van der Waals surface area contributed by atoms with E-state index in [0.29, 0.717) is 13.0 Å². The molecule has 114 valence electrons. The Kier molecular flexibility index (Phi) is 4.77. The zero-order chi connectivity index (χ0) is 15.9.